The highest BCUT2D eigenvalue weighted by Crippen LogP contribution is 2.23. The summed E-state index contributed by atoms with van der Waals surface area (Å²) in [6.07, 6.45) is 0. The van der Waals surface area contributed by atoms with Crippen molar-refractivity contribution < 1.29 is 0 Å². The second-order valence-electron chi connectivity index (χ2n) is 4.74. The zero-order valence-electron chi connectivity index (χ0n) is 12.0. The van der Waals surface area contributed by atoms with Crippen LogP contribution >= 0.6 is 0 Å². The second kappa shape index (κ2) is 5.71. The summed E-state index contributed by atoms with van der Waals surface area (Å²) in [6, 6.07) is 17.9. The Kier molecular flexibility index (Phi) is 3.60. The van der Waals surface area contributed by atoms with Gasteiger partial charge in [-0.15, -0.1) is 0 Å². The van der Waals surface area contributed by atoms with E-state index in [9.17, 15) is 0 Å². The van der Waals surface area contributed by atoms with Gasteiger partial charge in [0.25, 0.3) is 0 Å². The number of aromatic nitrogens is 3. The van der Waals surface area contributed by atoms with Crippen LogP contribution in [0.4, 0.5) is 5.82 Å². The molecule has 0 atom stereocenters. The van der Waals surface area contributed by atoms with Crippen LogP contribution in [-0.2, 0) is 0 Å². The number of hydrogen-bond acceptors (Lipinski definition) is 4. The van der Waals surface area contributed by atoms with Crippen LogP contribution < -0.4 is 5.32 Å². The second-order valence-corrected chi connectivity index (χ2v) is 4.74. The molecule has 0 fully saturated rings. The molecule has 0 saturated heterocycles. The minimum atomic E-state index is 0.629. The fourth-order valence-corrected chi connectivity index (χ4v) is 2.11. The lowest BCUT2D eigenvalue weighted by Crippen LogP contribution is -2.00. The van der Waals surface area contributed by atoms with Crippen LogP contribution in [0.1, 0.15) is 5.69 Å². The molecule has 3 rings (SSSR count). The summed E-state index contributed by atoms with van der Waals surface area (Å²) in [5.74, 6) is 1.41. The lowest BCUT2D eigenvalue weighted by Gasteiger charge is -2.08. The number of aryl methyl sites for hydroxylation is 1. The summed E-state index contributed by atoms with van der Waals surface area (Å²) in [6.45, 7) is 1.96. The predicted octanol–water partition coefficient (Wildman–Crippen LogP) is 3.56. The number of nitrogens with zero attached hydrogens (tertiary/aromatic N) is 3. The molecule has 0 radical (unpaired) electrons. The van der Waals surface area contributed by atoms with Gasteiger partial charge in [0.1, 0.15) is 11.5 Å². The highest BCUT2D eigenvalue weighted by Gasteiger charge is 2.09. The lowest BCUT2D eigenvalue weighted by atomic mass is 10.1. The first kappa shape index (κ1) is 13.2. The highest BCUT2D eigenvalue weighted by atomic mass is 15.0. The largest absolute Gasteiger partial charge is 0.373 e. The van der Waals surface area contributed by atoms with Crippen LogP contribution in [0.2, 0.25) is 0 Å². The Hall–Kier alpha value is -2.75. The molecule has 0 aliphatic carbocycles. The molecular weight excluding hydrogens is 260 g/mol. The van der Waals surface area contributed by atoms with Crippen molar-refractivity contribution in [1.82, 2.24) is 15.0 Å². The maximum atomic E-state index is 4.65. The van der Waals surface area contributed by atoms with E-state index in [0.717, 1.165) is 28.5 Å². The maximum absolute atomic E-state index is 4.65. The third-order valence-corrected chi connectivity index (χ3v) is 3.17. The summed E-state index contributed by atoms with van der Waals surface area (Å²) in [7, 11) is 1.85. The van der Waals surface area contributed by atoms with Gasteiger partial charge in [0.05, 0.1) is 5.69 Å². The molecule has 4 heteroatoms. The van der Waals surface area contributed by atoms with Crippen molar-refractivity contribution >= 4 is 5.82 Å². The first-order valence-corrected chi connectivity index (χ1v) is 6.82. The van der Waals surface area contributed by atoms with Gasteiger partial charge < -0.3 is 5.32 Å². The standard InChI is InChI=1S/C17H16N4/c1-12-7-6-10-14(19-12)17-20-15(11-16(18-2)21-17)13-8-4-3-5-9-13/h3-11H,1-2H3,(H,18,20,21). The van der Waals surface area contributed by atoms with E-state index in [4.69, 9.17) is 0 Å². The van der Waals surface area contributed by atoms with Crippen LogP contribution in [0.15, 0.2) is 54.6 Å². The zero-order valence-corrected chi connectivity index (χ0v) is 12.0. The maximum Gasteiger partial charge on any atom is 0.180 e. The first-order chi connectivity index (χ1) is 10.3. The van der Waals surface area contributed by atoms with Crippen LogP contribution in [0.3, 0.4) is 0 Å². The Morgan fingerprint density at radius 1 is 0.810 bits per heavy atom. The minimum Gasteiger partial charge on any atom is -0.373 e. The summed E-state index contributed by atoms with van der Waals surface area (Å²) in [5.41, 5.74) is 3.68. The van der Waals surface area contributed by atoms with E-state index in [2.05, 4.69) is 20.3 Å². The fraction of sp³-hybridized carbons (Fsp3) is 0.118. The molecule has 0 bridgehead atoms. The molecule has 2 aromatic heterocycles. The van der Waals surface area contributed by atoms with Crippen LogP contribution in [0.25, 0.3) is 22.8 Å². The average Bonchev–Trinajstić information content (AvgIpc) is 2.55. The number of rotatable bonds is 3. The van der Waals surface area contributed by atoms with E-state index in [-0.39, 0.29) is 0 Å². The van der Waals surface area contributed by atoms with Gasteiger partial charge in [-0.3, -0.25) is 0 Å². The summed E-state index contributed by atoms with van der Waals surface area (Å²) < 4.78 is 0. The molecule has 0 saturated carbocycles. The zero-order chi connectivity index (χ0) is 14.7. The molecule has 1 N–H and O–H groups in total. The van der Waals surface area contributed by atoms with Gasteiger partial charge in [-0.05, 0) is 19.1 Å². The molecule has 0 amide bonds. The van der Waals surface area contributed by atoms with Crippen molar-refractivity contribution in [3.05, 3.63) is 60.3 Å². The number of benzene rings is 1. The van der Waals surface area contributed by atoms with Crippen molar-refractivity contribution in [3.8, 4) is 22.8 Å². The van der Waals surface area contributed by atoms with Crippen LogP contribution in [0.5, 0.6) is 0 Å². The van der Waals surface area contributed by atoms with Gasteiger partial charge in [-0.1, -0.05) is 36.4 Å². The average molecular weight is 276 g/mol. The highest BCUT2D eigenvalue weighted by molar-refractivity contribution is 5.66. The molecule has 2 heterocycles. The van der Waals surface area contributed by atoms with E-state index in [1.807, 2.05) is 68.6 Å². The molecule has 3 aromatic rings. The Morgan fingerprint density at radius 3 is 2.33 bits per heavy atom. The summed E-state index contributed by atoms with van der Waals surface area (Å²) >= 11 is 0. The summed E-state index contributed by atoms with van der Waals surface area (Å²) in [4.78, 5) is 13.7. The number of hydrogen-bond donors (Lipinski definition) is 1. The van der Waals surface area contributed by atoms with Crippen molar-refractivity contribution in [2.45, 2.75) is 6.92 Å². The van der Waals surface area contributed by atoms with Crippen molar-refractivity contribution in [3.63, 3.8) is 0 Å². The molecule has 0 aliphatic heterocycles. The molecular formula is C17H16N4. The quantitative estimate of drug-likeness (QED) is 0.794. The Balaban J connectivity index is 2.14. The molecule has 0 aliphatic rings. The fourth-order valence-electron chi connectivity index (χ4n) is 2.11. The molecule has 4 nitrogen and oxygen atoms in total. The van der Waals surface area contributed by atoms with E-state index in [1.54, 1.807) is 0 Å². The lowest BCUT2D eigenvalue weighted by molar-refractivity contribution is 1.11. The molecule has 21 heavy (non-hydrogen) atoms. The smallest absolute Gasteiger partial charge is 0.180 e. The van der Waals surface area contributed by atoms with Crippen molar-refractivity contribution in [2.24, 2.45) is 0 Å². The third-order valence-electron chi connectivity index (χ3n) is 3.17. The number of anilines is 1. The van der Waals surface area contributed by atoms with Crippen molar-refractivity contribution in [1.29, 1.82) is 0 Å². The Bertz CT molecular complexity index is 754. The van der Waals surface area contributed by atoms with E-state index < -0.39 is 0 Å². The predicted molar refractivity (Wildman–Crippen MR) is 85.0 cm³/mol. The third kappa shape index (κ3) is 2.89. The summed E-state index contributed by atoms with van der Waals surface area (Å²) in [5, 5.41) is 3.08. The van der Waals surface area contributed by atoms with Crippen molar-refractivity contribution in [2.75, 3.05) is 12.4 Å². The Labute approximate surface area is 123 Å². The molecule has 0 spiro atoms. The van der Waals surface area contributed by atoms with Gasteiger partial charge >= 0.3 is 0 Å². The normalized spacial score (nSPS) is 10.4. The number of nitrogens with one attached hydrogen (secondary N) is 1. The molecule has 0 unspecified atom stereocenters. The van der Waals surface area contributed by atoms with Gasteiger partial charge in [-0.2, -0.15) is 0 Å². The number of pyridine rings is 1. The van der Waals surface area contributed by atoms with Gasteiger partial charge in [0.2, 0.25) is 0 Å². The monoisotopic (exact) mass is 276 g/mol. The van der Waals surface area contributed by atoms with Gasteiger partial charge in [-0.25, -0.2) is 15.0 Å². The molecule has 104 valence electrons. The van der Waals surface area contributed by atoms with E-state index >= 15 is 0 Å². The van der Waals surface area contributed by atoms with Crippen LogP contribution in [0, 0.1) is 6.92 Å². The topological polar surface area (TPSA) is 50.7 Å². The van der Waals surface area contributed by atoms with Gasteiger partial charge in [0, 0.05) is 24.4 Å². The molecule has 1 aromatic carbocycles. The van der Waals surface area contributed by atoms with E-state index in [1.165, 1.54) is 0 Å². The van der Waals surface area contributed by atoms with Gasteiger partial charge in [0.15, 0.2) is 5.82 Å². The minimum absolute atomic E-state index is 0.629. The van der Waals surface area contributed by atoms with E-state index in [0.29, 0.717) is 5.82 Å². The Morgan fingerprint density at radius 2 is 1.62 bits per heavy atom. The first-order valence-electron chi connectivity index (χ1n) is 6.82. The SMILES string of the molecule is CNc1cc(-c2ccccc2)nc(-c2cccc(C)n2)n1. The van der Waals surface area contributed by atoms with Crippen LogP contribution in [-0.4, -0.2) is 22.0 Å².